The van der Waals surface area contributed by atoms with E-state index in [1.165, 1.54) is 11.3 Å². The predicted molar refractivity (Wildman–Crippen MR) is 123 cm³/mol. The summed E-state index contributed by atoms with van der Waals surface area (Å²) >= 11 is 1.29. The van der Waals surface area contributed by atoms with Gasteiger partial charge in [0.1, 0.15) is 11.9 Å². The Hall–Kier alpha value is -3.03. The lowest BCUT2D eigenvalue weighted by atomic mass is 10.1. The van der Waals surface area contributed by atoms with Crippen LogP contribution in [-0.4, -0.2) is 60.6 Å². The molecule has 0 bridgehead atoms. The average Bonchev–Trinajstić information content (AvgIpc) is 3.26. The van der Waals surface area contributed by atoms with Gasteiger partial charge < -0.3 is 9.80 Å². The molecule has 1 saturated heterocycles. The zero-order chi connectivity index (χ0) is 22.9. The number of benzene rings is 1. The van der Waals surface area contributed by atoms with E-state index in [4.69, 9.17) is 5.26 Å². The molecule has 0 N–H and O–H groups in total. The van der Waals surface area contributed by atoms with Gasteiger partial charge in [-0.3, -0.25) is 4.79 Å². The molecule has 2 aromatic heterocycles. The van der Waals surface area contributed by atoms with Crippen molar-refractivity contribution in [2.45, 2.75) is 31.2 Å². The summed E-state index contributed by atoms with van der Waals surface area (Å²) in [6.07, 6.45) is 1.50. The highest BCUT2D eigenvalue weighted by atomic mass is 32.2. The molecular formula is C22H23N5O3S2. The number of hydrogen-bond donors (Lipinski definition) is 0. The Morgan fingerprint density at radius 1 is 1.31 bits per heavy atom. The summed E-state index contributed by atoms with van der Waals surface area (Å²) < 4.78 is 26.4. The molecule has 0 spiro atoms. The number of pyridine rings is 1. The number of hydrogen-bond acceptors (Lipinski definition) is 8. The van der Waals surface area contributed by atoms with Crippen LogP contribution in [-0.2, 0) is 14.6 Å². The highest BCUT2D eigenvalue weighted by Gasteiger charge is 2.30. The van der Waals surface area contributed by atoms with Crippen molar-refractivity contribution in [3.63, 3.8) is 0 Å². The molecule has 3 aromatic rings. The molecule has 1 aliphatic heterocycles. The van der Waals surface area contributed by atoms with Crippen molar-refractivity contribution in [1.82, 2.24) is 14.9 Å². The van der Waals surface area contributed by atoms with Crippen LogP contribution in [0, 0.1) is 18.3 Å². The second-order valence-electron chi connectivity index (χ2n) is 7.88. The van der Waals surface area contributed by atoms with Crippen LogP contribution < -0.4 is 4.90 Å². The van der Waals surface area contributed by atoms with Crippen molar-refractivity contribution in [2.75, 3.05) is 30.3 Å². The zero-order valence-electron chi connectivity index (χ0n) is 17.9. The molecule has 1 aromatic carbocycles. The van der Waals surface area contributed by atoms with Gasteiger partial charge in [0.25, 0.3) is 0 Å². The molecule has 0 radical (unpaired) electrons. The molecule has 32 heavy (non-hydrogen) atoms. The van der Waals surface area contributed by atoms with E-state index in [0.29, 0.717) is 35.4 Å². The second-order valence-corrected chi connectivity index (χ2v) is 10.8. The number of nitrogens with zero attached hydrogens (tertiary/aromatic N) is 5. The average molecular weight is 470 g/mol. The summed E-state index contributed by atoms with van der Waals surface area (Å²) in [5.41, 5.74) is 3.71. The predicted octanol–water partition coefficient (Wildman–Crippen LogP) is 2.77. The van der Waals surface area contributed by atoms with Crippen molar-refractivity contribution >= 4 is 43.1 Å². The third kappa shape index (κ3) is 4.31. The van der Waals surface area contributed by atoms with E-state index in [2.05, 4.69) is 20.9 Å². The Kier molecular flexibility index (Phi) is 6.13. The van der Waals surface area contributed by atoms with Gasteiger partial charge >= 0.3 is 0 Å². The first-order valence-corrected chi connectivity index (χ1v) is 12.8. The van der Waals surface area contributed by atoms with Gasteiger partial charge in [-0.2, -0.15) is 5.26 Å². The van der Waals surface area contributed by atoms with Gasteiger partial charge in [-0.05, 0) is 37.6 Å². The van der Waals surface area contributed by atoms with Crippen molar-refractivity contribution < 1.29 is 13.2 Å². The van der Waals surface area contributed by atoms with E-state index in [1.54, 1.807) is 40.9 Å². The van der Waals surface area contributed by atoms with E-state index < -0.39 is 9.84 Å². The van der Waals surface area contributed by atoms with Crippen molar-refractivity contribution in [1.29, 1.82) is 5.26 Å². The van der Waals surface area contributed by atoms with E-state index >= 15 is 0 Å². The summed E-state index contributed by atoms with van der Waals surface area (Å²) in [5, 5.41) is 9.03. The van der Waals surface area contributed by atoms with E-state index in [-0.39, 0.29) is 29.0 Å². The third-order valence-electron chi connectivity index (χ3n) is 5.67. The molecule has 1 fully saturated rings. The lowest BCUT2D eigenvalue weighted by Gasteiger charge is -2.41. The van der Waals surface area contributed by atoms with Gasteiger partial charge in [0.2, 0.25) is 5.91 Å². The van der Waals surface area contributed by atoms with E-state index in [0.717, 1.165) is 11.4 Å². The summed E-state index contributed by atoms with van der Waals surface area (Å²) in [4.78, 5) is 25.6. The highest BCUT2D eigenvalue weighted by molar-refractivity contribution is 7.91. The minimum atomic E-state index is -3.60. The number of carbonyl (C=O) groups excluding carboxylic acids is 1. The number of amides is 1. The van der Waals surface area contributed by atoms with Crippen LogP contribution >= 0.6 is 11.3 Å². The van der Waals surface area contributed by atoms with Crippen LogP contribution in [0.25, 0.3) is 10.2 Å². The number of piperazine rings is 1. The molecule has 166 valence electrons. The molecular weight excluding hydrogens is 446 g/mol. The third-order valence-corrected chi connectivity index (χ3v) is 8.42. The first kappa shape index (κ1) is 22.2. The van der Waals surface area contributed by atoms with Crippen LogP contribution in [0.1, 0.15) is 24.5 Å². The summed E-state index contributed by atoms with van der Waals surface area (Å²) in [6, 6.07) is 8.85. The molecule has 0 aliphatic carbocycles. The number of nitriles is 1. The Balaban J connectivity index is 1.41. The van der Waals surface area contributed by atoms with Crippen molar-refractivity contribution in [3.8, 4) is 6.07 Å². The fraction of sp³-hybridized carbons (Fsp3) is 0.364. The number of aryl methyl sites for hydroxylation is 1. The van der Waals surface area contributed by atoms with Crippen LogP contribution in [0.3, 0.4) is 0 Å². The molecule has 4 rings (SSSR count). The number of aromatic nitrogens is 2. The maximum absolute atomic E-state index is 12.9. The fourth-order valence-corrected chi connectivity index (χ4v) is 6.62. The Labute approximate surface area is 191 Å². The quantitative estimate of drug-likeness (QED) is 0.565. The lowest BCUT2D eigenvalue weighted by molar-refractivity contribution is -0.133. The van der Waals surface area contributed by atoms with Gasteiger partial charge in [0, 0.05) is 38.3 Å². The maximum Gasteiger partial charge on any atom is 0.223 e. The molecule has 3 heterocycles. The Morgan fingerprint density at radius 3 is 2.84 bits per heavy atom. The number of sulfone groups is 1. The molecule has 1 aliphatic rings. The molecule has 10 heteroatoms. The lowest BCUT2D eigenvalue weighted by Crippen LogP contribution is -2.54. The van der Waals surface area contributed by atoms with Gasteiger partial charge in [-0.1, -0.05) is 6.07 Å². The zero-order valence-corrected chi connectivity index (χ0v) is 19.5. The molecule has 1 atom stereocenters. The second kappa shape index (κ2) is 8.84. The minimum absolute atomic E-state index is 0.0595. The van der Waals surface area contributed by atoms with E-state index in [1.807, 2.05) is 13.8 Å². The number of carbonyl (C=O) groups is 1. The summed E-state index contributed by atoms with van der Waals surface area (Å²) in [6.45, 7) is 5.56. The molecule has 1 amide bonds. The van der Waals surface area contributed by atoms with Gasteiger partial charge in [-0.25, -0.2) is 18.4 Å². The van der Waals surface area contributed by atoms with Crippen molar-refractivity contribution in [3.05, 3.63) is 47.1 Å². The van der Waals surface area contributed by atoms with Gasteiger partial charge in [0.05, 0.1) is 31.9 Å². The van der Waals surface area contributed by atoms with E-state index in [9.17, 15) is 13.2 Å². The first-order valence-electron chi connectivity index (χ1n) is 10.3. The fourth-order valence-electron chi connectivity index (χ4n) is 4.06. The first-order chi connectivity index (χ1) is 15.3. The van der Waals surface area contributed by atoms with Crippen LogP contribution in [0.15, 0.2) is 40.9 Å². The topological polar surface area (TPSA) is 107 Å². The standard InChI is InChI=1S/C22H23N5O3S2/c1-15-10-17(11-23)12-24-22(15)26-7-8-27(16(2)13-26)20(28)6-9-32(29,30)19-5-3-4-18-21(19)31-14-25-18/h3-5,10,12,14,16H,6-9,13H2,1-2H3/t16-/m0/s1. The summed E-state index contributed by atoms with van der Waals surface area (Å²) in [7, 11) is -3.60. The van der Waals surface area contributed by atoms with Crippen LogP contribution in [0.2, 0.25) is 0 Å². The van der Waals surface area contributed by atoms with Crippen LogP contribution in [0.4, 0.5) is 5.82 Å². The normalized spacial score (nSPS) is 16.8. The maximum atomic E-state index is 12.9. The molecule has 8 nitrogen and oxygen atoms in total. The summed E-state index contributed by atoms with van der Waals surface area (Å²) in [5.74, 6) is 0.413. The monoisotopic (exact) mass is 469 g/mol. The number of fused-ring (bicyclic) bond motifs is 1. The van der Waals surface area contributed by atoms with Crippen molar-refractivity contribution in [2.24, 2.45) is 0 Å². The smallest absolute Gasteiger partial charge is 0.223 e. The highest BCUT2D eigenvalue weighted by Crippen LogP contribution is 2.27. The number of rotatable bonds is 5. The Bertz CT molecular complexity index is 1310. The minimum Gasteiger partial charge on any atom is -0.353 e. The number of thiazole rings is 1. The van der Waals surface area contributed by atoms with Crippen LogP contribution in [0.5, 0.6) is 0 Å². The van der Waals surface area contributed by atoms with Gasteiger partial charge in [0.15, 0.2) is 9.84 Å². The molecule has 0 saturated carbocycles. The number of anilines is 1. The Morgan fingerprint density at radius 2 is 2.12 bits per heavy atom. The molecule has 0 unspecified atom stereocenters. The SMILES string of the molecule is Cc1cc(C#N)cnc1N1CCN(C(=O)CCS(=O)(=O)c2cccc3ncsc23)[C@@H](C)C1. The van der Waals surface area contributed by atoms with Gasteiger partial charge in [-0.15, -0.1) is 11.3 Å². The largest absolute Gasteiger partial charge is 0.353 e.